The van der Waals surface area contributed by atoms with E-state index in [-0.39, 0.29) is 11.9 Å². The quantitative estimate of drug-likeness (QED) is 0.729. The predicted octanol–water partition coefficient (Wildman–Crippen LogP) is 3.05. The minimum absolute atomic E-state index is 0.0218. The van der Waals surface area contributed by atoms with Crippen LogP contribution in [-0.4, -0.2) is 12.6 Å². The lowest BCUT2D eigenvalue weighted by Gasteiger charge is -2.33. The van der Waals surface area contributed by atoms with Crippen molar-refractivity contribution in [3.63, 3.8) is 0 Å². The zero-order valence-electron chi connectivity index (χ0n) is 9.90. The third-order valence-electron chi connectivity index (χ3n) is 3.27. The highest BCUT2D eigenvalue weighted by molar-refractivity contribution is 5.73. The molecule has 1 aromatic carbocycles. The monoisotopic (exact) mass is 218 g/mol. The van der Waals surface area contributed by atoms with Gasteiger partial charge in [-0.05, 0) is 38.2 Å². The molecule has 0 aliphatic heterocycles. The number of benzene rings is 1. The molecule has 2 rings (SSSR count). The average Bonchev–Trinajstić information content (AvgIpc) is 2.15. The molecule has 2 heteroatoms. The van der Waals surface area contributed by atoms with Gasteiger partial charge >= 0.3 is 5.97 Å². The number of hydrogen-bond donors (Lipinski definition) is 0. The number of carbonyl (C=O) groups excluding carboxylic acids is 1. The van der Waals surface area contributed by atoms with Crippen LogP contribution in [0.1, 0.15) is 36.8 Å². The highest BCUT2D eigenvalue weighted by atomic mass is 16.5. The van der Waals surface area contributed by atoms with Crippen molar-refractivity contribution in [2.45, 2.75) is 32.6 Å². The van der Waals surface area contributed by atoms with Crippen LogP contribution in [-0.2, 0) is 9.53 Å². The summed E-state index contributed by atoms with van der Waals surface area (Å²) in [4.78, 5) is 11.4. The Morgan fingerprint density at radius 3 is 2.81 bits per heavy atom. The summed E-state index contributed by atoms with van der Waals surface area (Å²) in [5.41, 5.74) is 2.65. The van der Waals surface area contributed by atoms with Gasteiger partial charge in [0.05, 0.1) is 12.5 Å². The van der Waals surface area contributed by atoms with E-state index >= 15 is 0 Å². The molecular weight excluding hydrogens is 200 g/mol. The predicted molar refractivity (Wildman–Crippen MR) is 63.3 cm³/mol. The van der Waals surface area contributed by atoms with Gasteiger partial charge in [-0.1, -0.05) is 29.8 Å². The molecule has 0 spiro atoms. The van der Waals surface area contributed by atoms with Crippen molar-refractivity contribution < 1.29 is 9.53 Å². The van der Waals surface area contributed by atoms with E-state index in [9.17, 15) is 4.79 Å². The second-order valence-corrected chi connectivity index (χ2v) is 4.53. The molecule has 1 saturated carbocycles. The normalized spacial score (nSPS) is 23.6. The fourth-order valence-corrected chi connectivity index (χ4v) is 2.27. The molecule has 0 aromatic heterocycles. The Morgan fingerprint density at radius 1 is 1.44 bits per heavy atom. The van der Waals surface area contributed by atoms with Crippen molar-refractivity contribution in [3.8, 4) is 0 Å². The van der Waals surface area contributed by atoms with Gasteiger partial charge in [-0.25, -0.2) is 0 Å². The summed E-state index contributed by atoms with van der Waals surface area (Å²) >= 11 is 0. The maximum Gasteiger partial charge on any atom is 0.308 e. The van der Waals surface area contributed by atoms with E-state index in [1.165, 1.54) is 11.1 Å². The summed E-state index contributed by atoms with van der Waals surface area (Å²) in [6, 6.07) is 8.55. The van der Waals surface area contributed by atoms with Crippen LogP contribution in [0.4, 0.5) is 0 Å². The zero-order valence-corrected chi connectivity index (χ0v) is 9.90. The van der Waals surface area contributed by atoms with E-state index in [2.05, 4.69) is 31.2 Å². The SMILES string of the molecule is CCOC(=O)C1CC(c2cccc(C)c2)C1. The van der Waals surface area contributed by atoms with Crippen LogP contribution in [0, 0.1) is 12.8 Å². The fourth-order valence-electron chi connectivity index (χ4n) is 2.27. The molecular formula is C14H18O2. The zero-order chi connectivity index (χ0) is 11.5. The maximum atomic E-state index is 11.4. The number of esters is 1. The van der Waals surface area contributed by atoms with Crippen molar-refractivity contribution >= 4 is 5.97 Å². The van der Waals surface area contributed by atoms with Gasteiger partial charge in [0.2, 0.25) is 0 Å². The van der Waals surface area contributed by atoms with E-state index < -0.39 is 0 Å². The molecule has 0 N–H and O–H groups in total. The Bertz CT molecular complexity index is 378. The van der Waals surface area contributed by atoms with Gasteiger partial charge in [0, 0.05) is 0 Å². The molecule has 0 amide bonds. The van der Waals surface area contributed by atoms with Gasteiger partial charge in [-0.15, -0.1) is 0 Å². The van der Waals surface area contributed by atoms with E-state index in [1.807, 2.05) is 6.92 Å². The summed E-state index contributed by atoms with van der Waals surface area (Å²) in [6.45, 7) is 4.45. The van der Waals surface area contributed by atoms with Crippen LogP contribution in [0.2, 0.25) is 0 Å². The van der Waals surface area contributed by atoms with Crippen LogP contribution in [0.25, 0.3) is 0 Å². The molecule has 0 heterocycles. The summed E-state index contributed by atoms with van der Waals surface area (Å²) in [6.07, 6.45) is 1.89. The largest absolute Gasteiger partial charge is 0.466 e. The van der Waals surface area contributed by atoms with Crippen LogP contribution < -0.4 is 0 Å². The second-order valence-electron chi connectivity index (χ2n) is 4.53. The van der Waals surface area contributed by atoms with E-state index in [4.69, 9.17) is 4.74 Å². The first-order valence-electron chi connectivity index (χ1n) is 5.94. The summed E-state index contributed by atoms with van der Waals surface area (Å²) in [7, 11) is 0. The Labute approximate surface area is 96.6 Å². The number of hydrogen-bond acceptors (Lipinski definition) is 2. The highest BCUT2D eigenvalue weighted by Gasteiger charge is 2.36. The fraction of sp³-hybridized carbons (Fsp3) is 0.500. The minimum atomic E-state index is -0.0218. The summed E-state index contributed by atoms with van der Waals surface area (Å²) < 4.78 is 5.01. The molecule has 2 nitrogen and oxygen atoms in total. The van der Waals surface area contributed by atoms with E-state index in [1.54, 1.807) is 0 Å². The van der Waals surface area contributed by atoms with Crippen LogP contribution in [0.15, 0.2) is 24.3 Å². The lowest BCUT2D eigenvalue weighted by atomic mass is 9.71. The summed E-state index contributed by atoms with van der Waals surface area (Å²) in [5, 5.41) is 0. The molecule has 0 unspecified atom stereocenters. The Kier molecular flexibility index (Phi) is 3.28. The molecule has 0 saturated heterocycles. The standard InChI is InChI=1S/C14H18O2/c1-3-16-14(15)13-8-12(9-13)11-6-4-5-10(2)7-11/h4-7,12-13H,3,8-9H2,1-2H3. The molecule has 0 bridgehead atoms. The molecule has 86 valence electrons. The van der Waals surface area contributed by atoms with Gasteiger partial charge < -0.3 is 4.74 Å². The first-order chi connectivity index (χ1) is 7.70. The molecule has 1 aromatic rings. The number of rotatable bonds is 3. The molecule has 0 atom stereocenters. The molecule has 1 fully saturated rings. The number of aryl methyl sites for hydroxylation is 1. The average molecular weight is 218 g/mol. The van der Waals surface area contributed by atoms with E-state index in [0.29, 0.717) is 12.5 Å². The van der Waals surface area contributed by atoms with Gasteiger partial charge in [0.25, 0.3) is 0 Å². The first kappa shape index (κ1) is 11.2. The van der Waals surface area contributed by atoms with E-state index in [0.717, 1.165) is 12.8 Å². The molecule has 1 aliphatic rings. The van der Waals surface area contributed by atoms with Crippen molar-refractivity contribution in [3.05, 3.63) is 35.4 Å². The second kappa shape index (κ2) is 4.69. The van der Waals surface area contributed by atoms with Gasteiger partial charge in [-0.3, -0.25) is 4.79 Å². The van der Waals surface area contributed by atoms with Crippen molar-refractivity contribution in [2.24, 2.45) is 5.92 Å². The molecule has 16 heavy (non-hydrogen) atoms. The highest BCUT2D eigenvalue weighted by Crippen LogP contribution is 2.42. The number of carbonyl (C=O) groups is 1. The lowest BCUT2D eigenvalue weighted by molar-refractivity contribution is -0.151. The van der Waals surface area contributed by atoms with Crippen LogP contribution >= 0.6 is 0 Å². The summed E-state index contributed by atoms with van der Waals surface area (Å²) in [5.74, 6) is 0.658. The lowest BCUT2D eigenvalue weighted by Crippen LogP contribution is -2.30. The molecule has 1 aliphatic carbocycles. The topological polar surface area (TPSA) is 26.3 Å². The molecule has 0 radical (unpaired) electrons. The number of ether oxygens (including phenoxy) is 1. The van der Waals surface area contributed by atoms with Crippen molar-refractivity contribution in [1.29, 1.82) is 0 Å². The van der Waals surface area contributed by atoms with Crippen LogP contribution in [0.3, 0.4) is 0 Å². The third kappa shape index (κ3) is 2.26. The first-order valence-corrected chi connectivity index (χ1v) is 5.94. The van der Waals surface area contributed by atoms with Crippen molar-refractivity contribution in [1.82, 2.24) is 0 Å². The van der Waals surface area contributed by atoms with Crippen LogP contribution in [0.5, 0.6) is 0 Å². The van der Waals surface area contributed by atoms with Gasteiger partial charge in [0.15, 0.2) is 0 Å². The van der Waals surface area contributed by atoms with Gasteiger partial charge in [0.1, 0.15) is 0 Å². The van der Waals surface area contributed by atoms with Gasteiger partial charge in [-0.2, -0.15) is 0 Å². The smallest absolute Gasteiger partial charge is 0.308 e. The van der Waals surface area contributed by atoms with Crippen molar-refractivity contribution in [2.75, 3.05) is 6.61 Å². The maximum absolute atomic E-state index is 11.4. The Morgan fingerprint density at radius 2 is 2.19 bits per heavy atom. The Balaban J connectivity index is 1.91. The Hall–Kier alpha value is -1.31. The minimum Gasteiger partial charge on any atom is -0.466 e. The third-order valence-corrected chi connectivity index (χ3v) is 3.27.